The average Bonchev–Trinajstić information content (AvgIpc) is 2.90. The van der Waals surface area contributed by atoms with E-state index in [1.807, 2.05) is 19.1 Å². The second kappa shape index (κ2) is 4.13. The first-order chi connectivity index (χ1) is 8.22. The highest BCUT2D eigenvalue weighted by Crippen LogP contribution is 2.48. The van der Waals surface area contributed by atoms with Crippen molar-refractivity contribution in [1.29, 1.82) is 0 Å². The minimum atomic E-state index is 0.176. The molecule has 1 N–H and O–H groups in total. The topological polar surface area (TPSA) is 42.0 Å². The summed E-state index contributed by atoms with van der Waals surface area (Å²) in [5, 5.41) is 2.96. The molecule has 3 atom stereocenters. The lowest BCUT2D eigenvalue weighted by atomic mass is 9.88. The summed E-state index contributed by atoms with van der Waals surface area (Å²) in [5.74, 6) is 2.54. The summed E-state index contributed by atoms with van der Waals surface area (Å²) >= 11 is 0. The molecule has 1 amide bonds. The molecule has 2 bridgehead atoms. The molecule has 1 aromatic heterocycles. The largest absolute Gasteiger partial charge is 0.310 e. The average molecular weight is 230 g/mol. The van der Waals surface area contributed by atoms with Gasteiger partial charge in [-0.25, -0.2) is 4.98 Å². The van der Waals surface area contributed by atoms with Gasteiger partial charge >= 0.3 is 0 Å². The third kappa shape index (κ3) is 2.06. The molecule has 0 aliphatic heterocycles. The molecule has 3 nitrogen and oxygen atoms in total. The number of hydrogen-bond acceptors (Lipinski definition) is 2. The molecular formula is C14H18N2O. The fourth-order valence-corrected chi connectivity index (χ4v) is 3.39. The van der Waals surface area contributed by atoms with E-state index in [-0.39, 0.29) is 11.8 Å². The lowest BCUT2D eigenvalue weighted by Crippen LogP contribution is -2.27. The zero-order chi connectivity index (χ0) is 11.8. The molecule has 3 rings (SSSR count). The fourth-order valence-electron chi connectivity index (χ4n) is 3.39. The molecule has 0 spiro atoms. The summed E-state index contributed by atoms with van der Waals surface area (Å²) in [6, 6.07) is 3.86. The Kier molecular flexibility index (Phi) is 2.61. The second-order valence-electron chi connectivity index (χ2n) is 5.49. The summed E-state index contributed by atoms with van der Waals surface area (Å²) in [6.45, 7) is 2.01. The van der Waals surface area contributed by atoms with E-state index >= 15 is 0 Å². The van der Waals surface area contributed by atoms with Crippen LogP contribution in [0.4, 0.5) is 5.82 Å². The van der Waals surface area contributed by atoms with Crippen molar-refractivity contribution in [1.82, 2.24) is 4.98 Å². The Labute approximate surface area is 102 Å². The van der Waals surface area contributed by atoms with Gasteiger partial charge in [-0.3, -0.25) is 4.79 Å². The third-order valence-electron chi connectivity index (χ3n) is 4.24. The highest BCUT2D eigenvalue weighted by atomic mass is 16.2. The van der Waals surface area contributed by atoms with Gasteiger partial charge in [-0.1, -0.05) is 6.42 Å². The highest BCUT2D eigenvalue weighted by Gasteiger charge is 2.43. The van der Waals surface area contributed by atoms with Gasteiger partial charge in [0.1, 0.15) is 5.82 Å². The molecule has 0 aromatic carbocycles. The van der Waals surface area contributed by atoms with E-state index in [1.54, 1.807) is 6.20 Å². The number of nitrogens with one attached hydrogen (secondary N) is 1. The van der Waals surface area contributed by atoms with Crippen LogP contribution in [0.15, 0.2) is 18.3 Å². The Hall–Kier alpha value is -1.38. The SMILES string of the molecule is Cc1ccnc(NC(=O)C2CC3CCC2C3)c1. The van der Waals surface area contributed by atoms with E-state index < -0.39 is 0 Å². The molecule has 2 saturated carbocycles. The van der Waals surface area contributed by atoms with Gasteiger partial charge in [0, 0.05) is 12.1 Å². The summed E-state index contributed by atoms with van der Waals surface area (Å²) in [5.41, 5.74) is 1.13. The minimum absolute atomic E-state index is 0.176. The first kappa shape index (κ1) is 10.8. The minimum Gasteiger partial charge on any atom is -0.310 e. The summed E-state index contributed by atoms with van der Waals surface area (Å²) < 4.78 is 0. The zero-order valence-corrected chi connectivity index (χ0v) is 10.1. The van der Waals surface area contributed by atoms with Crippen molar-refractivity contribution in [2.24, 2.45) is 17.8 Å². The van der Waals surface area contributed by atoms with Gasteiger partial charge in [0.05, 0.1) is 0 Å². The first-order valence-electron chi connectivity index (χ1n) is 6.46. The van der Waals surface area contributed by atoms with Crippen LogP contribution in [0.3, 0.4) is 0 Å². The molecule has 0 saturated heterocycles. The lowest BCUT2D eigenvalue weighted by Gasteiger charge is -2.20. The standard InChI is InChI=1S/C14H18N2O/c1-9-4-5-15-13(6-9)16-14(17)12-8-10-2-3-11(12)7-10/h4-6,10-12H,2-3,7-8H2,1H3,(H,15,16,17). The number of aromatic nitrogens is 1. The van der Waals surface area contributed by atoms with Crippen LogP contribution < -0.4 is 5.32 Å². The van der Waals surface area contributed by atoms with Crippen molar-refractivity contribution >= 4 is 11.7 Å². The van der Waals surface area contributed by atoms with Crippen molar-refractivity contribution < 1.29 is 4.79 Å². The fraction of sp³-hybridized carbons (Fsp3) is 0.571. The van der Waals surface area contributed by atoms with Crippen LogP contribution in [-0.4, -0.2) is 10.9 Å². The number of carbonyl (C=O) groups excluding carboxylic acids is 1. The predicted octanol–water partition coefficient (Wildman–Crippen LogP) is 2.76. The highest BCUT2D eigenvalue weighted by molar-refractivity contribution is 5.92. The normalized spacial score (nSPS) is 30.5. The summed E-state index contributed by atoms with van der Waals surface area (Å²) in [6.07, 6.45) is 6.66. The van der Waals surface area contributed by atoms with E-state index in [4.69, 9.17) is 0 Å². The van der Waals surface area contributed by atoms with E-state index in [1.165, 1.54) is 19.3 Å². The van der Waals surface area contributed by atoms with Gasteiger partial charge < -0.3 is 5.32 Å². The van der Waals surface area contributed by atoms with Gasteiger partial charge in [0.2, 0.25) is 5.91 Å². The van der Waals surface area contributed by atoms with Crippen LogP contribution in [0.5, 0.6) is 0 Å². The van der Waals surface area contributed by atoms with Gasteiger partial charge in [-0.05, 0) is 55.7 Å². The van der Waals surface area contributed by atoms with Crippen molar-refractivity contribution in [3.8, 4) is 0 Å². The number of rotatable bonds is 2. The van der Waals surface area contributed by atoms with Crippen LogP contribution in [0.25, 0.3) is 0 Å². The van der Waals surface area contributed by atoms with Crippen LogP contribution >= 0.6 is 0 Å². The van der Waals surface area contributed by atoms with E-state index in [2.05, 4.69) is 10.3 Å². The van der Waals surface area contributed by atoms with Crippen LogP contribution in [-0.2, 0) is 4.79 Å². The monoisotopic (exact) mass is 230 g/mol. The number of nitrogens with zero attached hydrogens (tertiary/aromatic N) is 1. The zero-order valence-electron chi connectivity index (χ0n) is 10.1. The molecular weight excluding hydrogens is 212 g/mol. The number of aryl methyl sites for hydroxylation is 1. The quantitative estimate of drug-likeness (QED) is 0.848. The maximum absolute atomic E-state index is 12.2. The molecule has 3 unspecified atom stereocenters. The maximum Gasteiger partial charge on any atom is 0.228 e. The van der Waals surface area contributed by atoms with Crippen molar-refractivity contribution in [2.75, 3.05) is 5.32 Å². The molecule has 1 aromatic rings. The van der Waals surface area contributed by atoms with E-state index in [0.29, 0.717) is 11.7 Å². The van der Waals surface area contributed by atoms with Crippen molar-refractivity contribution in [2.45, 2.75) is 32.6 Å². The number of fused-ring (bicyclic) bond motifs is 2. The van der Waals surface area contributed by atoms with E-state index in [9.17, 15) is 4.79 Å². The lowest BCUT2D eigenvalue weighted by molar-refractivity contribution is -0.121. The van der Waals surface area contributed by atoms with Gasteiger partial charge in [-0.15, -0.1) is 0 Å². The number of anilines is 1. The van der Waals surface area contributed by atoms with Crippen LogP contribution in [0.1, 0.15) is 31.2 Å². The third-order valence-corrected chi connectivity index (χ3v) is 4.24. The number of carbonyl (C=O) groups is 1. The van der Waals surface area contributed by atoms with Gasteiger partial charge in [0.15, 0.2) is 0 Å². The number of pyridine rings is 1. The molecule has 1 heterocycles. The molecule has 3 heteroatoms. The smallest absolute Gasteiger partial charge is 0.228 e. The predicted molar refractivity (Wildman–Crippen MR) is 66.5 cm³/mol. The van der Waals surface area contributed by atoms with Gasteiger partial charge in [0.25, 0.3) is 0 Å². The molecule has 2 fully saturated rings. The Morgan fingerprint density at radius 3 is 2.94 bits per heavy atom. The molecule has 2 aliphatic rings. The first-order valence-corrected chi connectivity index (χ1v) is 6.46. The van der Waals surface area contributed by atoms with Crippen LogP contribution in [0, 0.1) is 24.7 Å². The Balaban J connectivity index is 1.68. The molecule has 2 aliphatic carbocycles. The van der Waals surface area contributed by atoms with Gasteiger partial charge in [-0.2, -0.15) is 0 Å². The number of hydrogen-bond donors (Lipinski definition) is 1. The summed E-state index contributed by atoms with van der Waals surface area (Å²) in [4.78, 5) is 16.3. The van der Waals surface area contributed by atoms with Crippen molar-refractivity contribution in [3.05, 3.63) is 23.9 Å². The number of amides is 1. The van der Waals surface area contributed by atoms with Crippen LogP contribution in [0.2, 0.25) is 0 Å². The maximum atomic E-state index is 12.2. The Morgan fingerprint density at radius 1 is 1.41 bits per heavy atom. The molecule has 90 valence electrons. The molecule has 0 radical (unpaired) electrons. The Morgan fingerprint density at radius 2 is 2.29 bits per heavy atom. The molecule has 17 heavy (non-hydrogen) atoms. The Bertz CT molecular complexity index is 444. The second-order valence-corrected chi connectivity index (χ2v) is 5.49. The van der Waals surface area contributed by atoms with Crippen molar-refractivity contribution in [3.63, 3.8) is 0 Å². The summed E-state index contributed by atoms with van der Waals surface area (Å²) in [7, 11) is 0. The van der Waals surface area contributed by atoms with E-state index in [0.717, 1.165) is 17.9 Å².